The lowest BCUT2D eigenvalue weighted by Crippen LogP contribution is -2.25. The van der Waals surface area contributed by atoms with Gasteiger partial charge >= 0.3 is 5.69 Å². The Morgan fingerprint density at radius 1 is 1.08 bits per heavy atom. The lowest BCUT2D eigenvalue weighted by Gasteiger charge is -1.99. The molecular weight excluding hydrogens is 363 g/mol. The number of halogens is 2. The first-order chi connectivity index (χ1) is 12.6. The minimum Gasteiger partial charge on any atom is -0.334 e. The van der Waals surface area contributed by atoms with Crippen LogP contribution in [0.1, 0.15) is 5.82 Å². The van der Waals surface area contributed by atoms with Gasteiger partial charge < -0.3 is 4.52 Å². The standard InChI is InChI=1S/C16H10ClFN6O2/c17-12-3-1-2-4-13(12)24-16(25)23(21-22-24)9-14-19-15(26-20-14)10-5-7-11(18)8-6-10/h1-8H,9H2. The van der Waals surface area contributed by atoms with Crippen LogP contribution in [0.5, 0.6) is 0 Å². The van der Waals surface area contributed by atoms with E-state index in [-0.39, 0.29) is 24.1 Å². The highest BCUT2D eigenvalue weighted by Gasteiger charge is 2.15. The fourth-order valence-corrected chi connectivity index (χ4v) is 2.53. The Bertz CT molecular complexity index is 1120. The van der Waals surface area contributed by atoms with Crippen LogP contribution in [-0.4, -0.2) is 29.9 Å². The van der Waals surface area contributed by atoms with Crippen molar-refractivity contribution in [2.24, 2.45) is 0 Å². The molecule has 0 aliphatic carbocycles. The lowest BCUT2D eigenvalue weighted by molar-refractivity contribution is 0.417. The predicted octanol–water partition coefficient (Wildman–Crippen LogP) is 2.32. The van der Waals surface area contributed by atoms with E-state index in [0.717, 1.165) is 9.36 Å². The van der Waals surface area contributed by atoms with Gasteiger partial charge in [0.15, 0.2) is 5.82 Å². The minimum atomic E-state index is -0.494. The smallest absolute Gasteiger partial charge is 0.334 e. The maximum atomic E-state index is 13.0. The topological polar surface area (TPSA) is 91.6 Å². The summed E-state index contributed by atoms with van der Waals surface area (Å²) in [5.41, 5.74) is 0.494. The molecule has 4 aromatic rings. The molecule has 0 bridgehead atoms. The molecule has 0 aliphatic heterocycles. The van der Waals surface area contributed by atoms with E-state index >= 15 is 0 Å². The summed E-state index contributed by atoms with van der Waals surface area (Å²) in [6.07, 6.45) is 0. The zero-order valence-electron chi connectivity index (χ0n) is 13.1. The number of benzene rings is 2. The van der Waals surface area contributed by atoms with Crippen LogP contribution >= 0.6 is 11.6 Å². The molecule has 10 heteroatoms. The molecule has 0 unspecified atom stereocenters. The molecule has 0 aliphatic rings. The van der Waals surface area contributed by atoms with E-state index in [4.69, 9.17) is 16.1 Å². The van der Waals surface area contributed by atoms with Crippen LogP contribution in [-0.2, 0) is 6.54 Å². The van der Waals surface area contributed by atoms with E-state index in [1.807, 2.05) is 0 Å². The zero-order valence-corrected chi connectivity index (χ0v) is 13.8. The first kappa shape index (κ1) is 16.2. The summed E-state index contributed by atoms with van der Waals surface area (Å²) < 4.78 is 20.3. The fraction of sp³-hybridized carbons (Fsp3) is 0.0625. The molecule has 130 valence electrons. The summed E-state index contributed by atoms with van der Waals surface area (Å²) in [5.74, 6) is 0.0837. The lowest BCUT2D eigenvalue weighted by atomic mass is 10.2. The SMILES string of the molecule is O=c1n(Cc2noc(-c3ccc(F)cc3)n2)nnn1-c1ccccc1Cl. The number of hydrogen-bond donors (Lipinski definition) is 0. The maximum absolute atomic E-state index is 13.0. The monoisotopic (exact) mass is 372 g/mol. The van der Waals surface area contributed by atoms with Crippen molar-refractivity contribution >= 4 is 11.6 Å². The van der Waals surface area contributed by atoms with Crippen LogP contribution < -0.4 is 5.69 Å². The van der Waals surface area contributed by atoms with Crippen molar-refractivity contribution < 1.29 is 8.91 Å². The fourth-order valence-electron chi connectivity index (χ4n) is 2.31. The maximum Gasteiger partial charge on any atom is 0.368 e. The average molecular weight is 373 g/mol. The van der Waals surface area contributed by atoms with E-state index in [2.05, 4.69) is 20.6 Å². The molecule has 0 amide bonds. The molecule has 2 aromatic carbocycles. The minimum absolute atomic E-state index is 0.0337. The summed E-state index contributed by atoms with van der Waals surface area (Å²) in [6.45, 7) is -0.0337. The Hall–Kier alpha value is -3.33. The molecular formula is C16H10ClFN6O2. The Kier molecular flexibility index (Phi) is 4.05. The molecule has 0 radical (unpaired) electrons. The van der Waals surface area contributed by atoms with Gasteiger partial charge in [0.1, 0.15) is 12.4 Å². The van der Waals surface area contributed by atoms with Gasteiger partial charge in [0.05, 0.1) is 10.7 Å². The molecule has 2 aromatic heterocycles. The number of hydrogen-bond acceptors (Lipinski definition) is 6. The third kappa shape index (κ3) is 3.00. The van der Waals surface area contributed by atoms with E-state index in [1.54, 1.807) is 24.3 Å². The third-order valence-electron chi connectivity index (χ3n) is 3.57. The number of para-hydroxylation sites is 1. The number of rotatable bonds is 4. The highest BCUT2D eigenvalue weighted by Crippen LogP contribution is 2.18. The van der Waals surface area contributed by atoms with Crippen molar-refractivity contribution in [3.8, 4) is 17.1 Å². The second-order valence-electron chi connectivity index (χ2n) is 5.30. The zero-order chi connectivity index (χ0) is 18.1. The summed E-state index contributed by atoms with van der Waals surface area (Å²) in [7, 11) is 0. The van der Waals surface area contributed by atoms with Gasteiger partial charge in [0.25, 0.3) is 5.89 Å². The van der Waals surface area contributed by atoms with Crippen molar-refractivity contribution in [3.63, 3.8) is 0 Å². The third-order valence-corrected chi connectivity index (χ3v) is 3.89. The first-order valence-corrected chi connectivity index (χ1v) is 7.86. The summed E-state index contributed by atoms with van der Waals surface area (Å²) >= 11 is 6.08. The van der Waals surface area contributed by atoms with Crippen LogP contribution in [0.4, 0.5) is 4.39 Å². The summed E-state index contributed by atoms with van der Waals surface area (Å²) in [6, 6.07) is 12.4. The van der Waals surface area contributed by atoms with Crippen molar-refractivity contribution in [2.45, 2.75) is 6.54 Å². The van der Waals surface area contributed by atoms with Crippen molar-refractivity contribution in [1.82, 2.24) is 29.9 Å². The molecule has 0 saturated carbocycles. The number of tetrazole rings is 1. The highest BCUT2D eigenvalue weighted by atomic mass is 35.5. The molecule has 0 fully saturated rings. The van der Waals surface area contributed by atoms with Gasteiger partial charge in [-0.15, -0.1) is 0 Å². The molecule has 0 saturated heterocycles. The summed E-state index contributed by atoms with van der Waals surface area (Å²) in [5, 5.41) is 11.8. The van der Waals surface area contributed by atoms with Crippen LogP contribution in [0.15, 0.2) is 57.8 Å². The Morgan fingerprint density at radius 3 is 2.62 bits per heavy atom. The number of aromatic nitrogens is 6. The largest absolute Gasteiger partial charge is 0.368 e. The molecule has 26 heavy (non-hydrogen) atoms. The van der Waals surface area contributed by atoms with E-state index < -0.39 is 5.69 Å². The number of nitrogens with zero attached hydrogens (tertiary/aromatic N) is 6. The molecule has 8 nitrogen and oxygen atoms in total. The first-order valence-electron chi connectivity index (χ1n) is 7.48. The average Bonchev–Trinajstić information content (AvgIpc) is 3.24. The molecule has 0 atom stereocenters. The quantitative estimate of drug-likeness (QED) is 0.546. The van der Waals surface area contributed by atoms with Crippen LogP contribution in [0.3, 0.4) is 0 Å². The predicted molar refractivity (Wildman–Crippen MR) is 89.4 cm³/mol. The molecule has 0 spiro atoms. The molecule has 0 N–H and O–H groups in total. The van der Waals surface area contributed by atoms with Crippen LogP contribution in [0.2, 0.25) is 5.02 Å². The second-order valence-corrected chi connectivity index (χ2v) is 5.71. The van der Waals surface area contributed by atoms with E-state index in [0.29, 0.717) is 16.3 Å². The van der Waals surface area contributed by atoms with Gasteiger partial charge in [0, 0.05) is 5.56 Å². The molecule has 4 rings (SSSR count). The highest BCUT2D eigenvalue weighted by molar-refractivity contribution is 6.32. The second kappa shape index (κ2) is 6.52. The van der Waals surface area contributed by atoms with Crippen LogP contribution in [0.25, 0.3) is 17.1 Å². The van der Waals surface area contributed by atoms with Crippen molar-refractivity contribution in [1.29, 1.82) is 0 Å². The van der Waals surface area contributed by atoms with Gasteiger partial charge in [-0.25, -0.2) is 9.18 Å². The van der Waals surface area contributed by atoms with Gasteiger partial charge in [-0.05, 0) is 46.8 Å². The van der Waals surface area contributed by atoms with Crippen LogP contribution in [0, 0.1) is 5.82 Å². The van der Waals surface area contributed by atoms with Gasteiger partial charge in [-0.2, -0.15) is 14.3 Å². The van der Waals surface area contributed by atoms with Gasteiger partial charge in [0.2, 0.25) is 0 Å². The Labute approximate surface area is 150 Å². The Balaban J connectivity index is 1.60. The summed E-state index contributed by atoms with van der Waals surface area (Å²) in [4.78, 5) is 16.6. The van der Waals surface area contributed by atoms with Crippen molar-refractivity contribution in [2.75, 3.05) is 0 Å². The van der Waals surface area contributed by atoms with E-state index in [1.165, 1.54) is 24.3 Å². The van der Waals surface area contributed by atoms with Gasteiger partial charge in [-0.1, -0.05) is 28.9 Å². The van der Waals surface area contributed by atoms with Crippen molar-refractivity contribution in [3.05, 3.63) is 75.7 Å². The van der Waals surface area contributed by atoms with Gasteiger partial charge in [-0.3, -0.25) is 0 Å². The normalized spacial score (nSPS) is 11.0. The van der Waals surface area contributed by atoms with E-state index in [9.17, 15) is 9.18 Å². The molecule has 2 heterocycles. The Morgan fingerprint density at radius 2 is 1.85 bits per heavy atom.